The predicted molar refractivity (Wildman–Crippen MR) is 144 cm³/mol. The van der Waals surface area contributed by atoms with Crippen LogP contribution in [0.15, 0.2) is 88.2 Å². The molecule has 7 nitrogen and oxygen atoms in total. The molecule has 2 amide bonds. The van der Waals surface area contributed by atoms with E-state index in [1.807, 2.05) is 56.4 Å². The number of hydrogen-bond donors (Lipinski definition) is 0. The Labute approximate surface area is 220 Å². The molecular weight excluding hydrogens is 476 g/mol. The third-order valence-electron chi connectivity index (χ3n) is 6.70. The van der Waals surface area contributed by atoms with Crippen molar-refractivity contribution in [3.8, 4) is 23.0 Å². The lowest BCUT2D eigenvalue weighted by molar-refractivity contribution is -0.141. The van der Waals surface area contributed by atoms with Gasteiger partial charge < -0.3 is 4.42 Å². The average Bonchev–Trinajstić information content (AvgIpc) is 3.55. The summed E-state index contributed by atoms with van der Waals surface area (Å²) in [6.45, 7) is 7.71. The van der Waals surface area contributed by atoms with E-state index in [0.717, 1.165) is 32.8 Å². The number of carbonyl (C=O) groups excluding carboxylic acids is 2. The van der Waals surface area contributed by atoms with Crippen LogP contribution in [0.2, 0.25) is 0 Å². The summed E-state index contributed by atoms with van der Waals surface area (Å²) in [6, 6.07) is 19.3. The second-order valence-electron chi connectivity index (χ2n) is 9.43. The van der Waals surface area contributed by atoms with Gasteiger partial charge in [0.05, 0.1) is 18.5 Å². The number of para-hydroxylation sites is 1. The van der Waals surface area contributed by atoms with Crippen LogP contribution >= 0.6 is 0 Å². The predicted octanol–water partition coefficient (Wildman–Crippen LogP) is 5.85. The number of carbonyl (C=O) groups is 2. The lowest BCUT2D eigenvalue weighted by atomic mass is 9.91. The second kappa shape index (κ2) is 9.83. The molecule has 0 bridgehead atoms. The number of nitrogens with zero attached hydrogens (tertiary/aromatic N) is 4. The minimum Gasteiger partial charge on any atom is -0.467 e. The fourth-order valence-corrected chi connectivity index (χ4v) is 4.94. The summed E-state index contributed by atoms with van der Waals surface area (Å²) >= 11 is 0. The third-order valence-corrected chi connectivity index (χ3v) is 6.70. The van der Waals surface area contributed by atoms with E-state index in [9.17, 15) is 14.9 Å². The highest BCUT2D eigenvalue weighted by molar-refractivity contribution is 6.19. The molecule has 38 heavy (non-hydrogen) atoms. The van der Waals surface area contributed by atoms with E-state index in [1.54, 1.807) is 29.8 Å². The summed E-state index contributed by atoms with van der Waals surface area (Å²) in [5.74, 6) is -0.668. The first-order chi connectivity index (χ1) is 18.3. The first-order valence-corrected chi connectivity index (χ1v) is 12.2. The molecule has 0 unspecified atom stereocenters. The van der Waals surface area contributed by atoms with E-state index in [0.29, 0.717) is 22.6 Å². The van der Waals surface area contributed by atoms with Crippen LogP contribution in [0.1, 0.15) is 34.9 Å². The van der Waals surface area contributed by atoms with E-state index in [-0.39, 0.29) is 17.7 Å². The Morgan fingerprint density at radius 3 is 2.32 bits per heavy atom. The molecule has 0 atom stereocenters. The fourth-order valence-electron chi connectivity index (χ4n) is 4.94. The topological polar surface area (TPSA) is 92.1 Å². The normalized spacial score (nSPS) is 14.9. The molecule has 2 aromatic carbocycles. The zero-order valence-electron chi connectivity index (χ0n) is 21.6. The highest BCUT2D eigenvalue weighted by atomic mass is 16.3. The van der Waals surface area contributed by atoms with E-state index in [4.69, 9.17) is 9.52 Å². The van der Waals surface area contributed by atoms with Crippen LogP contribution in [-0.4, -0.2) is 26.5 Å². The number of furan rings is 1. The van der Waals surface area contributed by atoms with Crippen molar-refractivity contribution in [1.29, 1.82) is 5.26 Å². The molecule has 0 fully saturated rings. The van der Waals surface area contributed by atoms with Gasteiger partial charge in [-0.1, -0.05) is 35.9 Å². The number of aryl methyl sites for hydroxylation is 3. The maximum Gasteiger partial charge on any atom is 0.272 e. The zero-order valence-corrected chi connectivity index (χ0v) is 21.6. The van der Waals surface area contributed by atoms with Gasteiger partial charge in [0, 0.05) is 22.9 Å². The van der Waals surface area contributed by atoms with Gasteiger partial charge in [-0.3, -0.25) is 14.5 Å². The number of benzene rings is 2. The maximum absolute atomic E-state index is 13.7. The van der Waals surface area contributed by atoms with Gasteiger partial charge >= 0.3 is 0 Å². The minimum absolute atomic E-state index is 0.0627. The Bertz CT molecular complexity index is 1640. The van der Waals surface area contributed by atoms with E-state index >= 15 is 0 Å². The zero-order chi connectivity index (χ0) is 27.0. The van der Waals surface area contributed by atoms with Gasteiger partial charge in [0.1, 0.15) is 23.1 Å². The third kappa shape index (κ3) is 4.37. The number of nitriles is 1. The van der Waals surface area contributed by atoms with Gasteiger partial charge in [-0.15, -0.1) is 0 Å². The van der Waals surface area contributed by atoms with Crippen LogP contribution < -0.4 is 0 Å². The van der Waals surface area contributed by atoms with Crippen molar-refractivity contribution in [2.24, 2.45) is 0 Å². The van der Waals surface area contributed by atoms with Crippen LogP contribution in [-0.2, 0) is 16.1 Å². The highest BCUT2D eigenvalue weighted by Gasteiger charge is 2.36. The SMILES string of the molecule is CC1=C(C#N)C(=O)N(Cc2ccco2)C(=O)/C1=C/c1cn(-c2ccccc2)nc1-c1c(C)cc(C)cc1C. The fraction of sp³-hybridized carbons (Fsp3) is 0.161. The molecule has 0 aliphatic carbocycles. The van der Waals surface area contributed by atoms with E-state index < -0.39 is 11.8 Å². The first kappa shape index (κ1) is 24.7. The number of imide groups is 1. The smallest absolute Gasteiger partial charge is 0.272 e. The number of amides is 2. The summed E-state index contributed by atoms with van der Waals surface area (Å²) in [4.78, 5) is 27.8. The summed E-state index contributed by atoms with van der Waals surface area (Å²) in [5.41, 5.74) is 7.09. The molecular formula is C31H26N4O3. The molecule has 3 heterocycles. The lowest BCUT2D eigenvalue weighted by Crippen LogP contribution is -2.42. The maximum atomic E-state index is 13.7. The highest BCUT2D eigenvalue weighted by Crippen LogP contribution is 2.34. The van der Waals surface area contributed by atoms with Crippen molar-refractivity contribution in [2.45, 2.75) is 34.2 Å². The molecule has 7 heteroatoms. The molecule has 0 saturated carbocycles. The van der Waals surface area contributed by atoms with Crippen molar-refractivity contribution in [2.75, 3.05) is 0 Å². The monoisotopic (exact) mass is 502 g/mol. The quantitative estimate of drug-likeness (QED) is 0.252. The van der Waals surface area contributed by atoms with E-state index in [1.165, 1.54) is 6.26 Å². The number of rotatable bonds is 5. The number of hydrogen-bond acceptors (Lipinski definition) is 5. The van der Waals surface area contributed by atoms with Crippen molar-refractivity contribution in [1.82, 2.24) is 14.7 Å². The first-order valence-electron chi connectivity index (χ1n) is 12.2. The van der Waals surface area contributed by atoms with Crippen LogP contribution in [0, 0.1) is 32.1 Å². The molecule has 2 aromatic heterocycles. The Morgan fingerprint density at radius 1 is 0.974 bits per heavy atom. The largest absolute Gasteiger partial charge is 0.467 e. The van der Waals surface area contributed by atoms with Crippen LogP contribution in [0.25, 0.3) is 23.0 Å². The van der Waals surface area contributed by atoms with Crippen molar-refractivity contribution in [3.05, 3.63) is 112 Å². The summed E-state index contributed by atoms with van der Waals surface area (Å²) in [5, 5.41) is 14.7. The Balaban J connectivity index is 1.71. The molecule has 4 aromatic rings. The van der Waals surface area contributed by atoms with Gasteiger partial charge in [0.15, 0.2) is 0 Å². The average molecular weight is 503 g/mol. The van der Waals surface area contributed by atoms with Gasteiger partial charge in [0.2, 0.25) is 0 Å². The van der Waals surface area contributed by atoms with Gasteiger partial charge in [0.25, 0.3) is 11.8 Å². The molecule has 1 aliphatic heterocycles. The summed E-state index contributed by atoms with van der Waals surface area (Å²) < 4.78 is 7.15. The Morgan fingerprint density at radius 2 is 1.68 bits per heavy atom. The van der Waals surface area contributed by atoms with Crippen LogP contribution in [0.3, 0.4) is 0 Å². The molecule has 0 N–H and O–H groups in total. The minimum atomic E-state index is -0.631. The second-order valence-corrected chi connectivity index (χ2v) is 9.43. The molecule has 5 rings (SSSR count). The molecule has 188 valence electrons. The van der Waals surface area contributed by atoms with Gasteiger partial charge in [-0.25, -0.2) is 4.68 Å². The van der Waals surface area contributed by atoms with Crippen molar-refractivity contribution in [3.63, 3.8) is 0 Å². The van der Waals surface area contributed by atoms with Crippen molar-refractivity contribution >= 4 is 17.9 Å². The summed E-state index contributed by atoms with van der Waals surface area (Å²) in [6.07, 6.45) is 5.08. The Hall–Kier alpha value is -4.96. The van der Waals surface area contributed by atoms with Crippen molar-refractivity contribution < 1.29 is 14.0 Å². The van der Waals surface area contributed by atoms with Crippen LogP contribution in [0.4, 0.5) is 0 Å². The molecule has 0 saturated heterocycles. The Kier molecular flexibility index (Phi) is 6.39. The molecule has 0 radical (unpaired) electrons. The number of aromatic nitrogens is 2. The van der Waals surface area contributed by atoms with Gasteiger partial charge in [-0.2, -0.15) is 10.4 Å². The lowest BCUT2D eigenvalue weighted by Gasteiger charge is -2.26. The summed E-state index contributed by atoms with van der Waals surface area (Å²) in [7, 11) is 0. The standard InChI is InChI=1S/C31H26N4O3/c1-19-13-20(2)28(21(3)14-19)29-23(17-35(33-29)24-9-6-5-7-10-24)15-26-22(4)27(16-32)31(37)34(30(26)36)18-25-11-8-12-38-25/h5-15,17H,18H2,1-4H3/b26-15+. The van der Waals surface area contributed by atoms with Crippen LogP contribution in [0.5, 0.6) is 0 Å². The molecule has 0 spiro atoms. The van der Waals surface area contributed by atoms with Gasteiger partial charge in [-0.05, 0) is 74.7 Å². The molecule has 1 aliphatic rings. The van der Waals surface area contributed by atoms with E-state index in [2.05, 4.69) is 19.1 Å².